The first kappa shape index (κ1) is 14.1. The highest BCUT2D eigenvalue weighted by molar-refractivity contribution is 7.99. The van der Waals surface area contributed by atoms with Crippen LogP contribution in [0.4, 0.5) is 0 Å². The number of fused-ring (bicyclic) bond motifs is 1. The van der Waals surface area contributed by atoms with Crippen molar-refractivity contribution >= 4 is 17.4 Å². The maximum atomic E-state index is 5.63. The van der Waals surface area contributed by atoms with Crippen LogP contribution < -0.4 is 4.74 Å². The number of aromatic nitrogens is 4. The predicted molar refractivity (Wildman–Crippen MR) is 76.8 cm³/mol. The number of imidazole rings is 1. The van der Waals surface area contributed by atoms with Crippen LogP contribution in [-0.2, 0) is 0 Å². The van der Waals surface area contributed by atoms with E-state index >= 15 is 0 Å². The Hall–Kier alpha value is -1.30. The van der Waals surface area contributed by atoms with E-state index in [1.54, 1.807) is 18.0 Å². The fraction of sp³-hybridized carbons (Fsp3) is 0.615. The zero-order valence-corrected chi connectivity index (χ0v) is 12.3. The molecule has 0 aromatic carbocycles. The number of unbranched alkanes of at least 4 members (excludes halogenated alkanes) is 2. The second kappa shape index (κ2) is 7.33. The van der Waals surface area contributed by atoms with Gasteiger partial charge in [0.05, 0.1) is 6.61 Å². The van der Waals surface area contributed by atoms with Gasteiger partial charge in [-0.3, -0.25) is 4.40 Å². The first-order valence-electron chi connectivity index (χ1n) is 6.82. The van der Waals surface area contributed by atoms with Crippen molar-refractivity contribution < 1.29 is 4.74 Å². The Morgan fingerprint density at radius 2 is 2.05 bits per heavy atom. The molecule has 0 aliphatic carbocycles. The van der Waals surface area contributed by atoms with Crippen molar-refractivity contribution in [1.82, 2.24) is 19.6 Å². The standard InChI is InChI=1S/C13H20N4OS/c1-3-5-9-18-12-11-14-7-8-17(11)13(16-15-12)19-10-6-4-2/h7-8H,3-6,9-10H2,1-2H3. The van der Waals surface area contributed by atoms with E-state index in [-0.39, 0.29) is 0 Å². The molecule has 0 unspecified atom stereocenters. The summed E-state index contributed by atoms with van der Waals surface area (Å²) in [7, 11) is 0. The molecule has 0 saturated heterocycles. The van der Waals surface area contributed by atoms with Crippen LogP contribution >= 0.6 is 11.8 Å². The van der Waals surface area contributed by atoms with E-state index in [9.17, 15) is 0 Å². The fourth-order valence-electron chi connectivity index (χ4n) is 1.61. The molecule has 0 aliphatic rings. The molecule has 5 nitrogen and oxygen atoms in total. The summed E-state index contributed by atoms with van der Waals surface area (Å²) in [6.07, 6.45) is 8.15. The summed E-state index contributed by atoms with van der Waals surface area (Å²) < 4.78 is 7.59. The second-order valence-electron chi connectivity index (χ2n) is 4.31. The summed E-state index contributed by atoms with van der Waals surface area (Å²) in [4.78, 5) is 4.31. The number of hydrogen-bond donors (Lipinski definition) is 0. The second-order valence-corrected chi connectivity index (χ2v) is 5.37. The van der Waals surface area contributed by atoms with E-state index in [0.717, 1.165) is 29.4 Å². The molecule has 0 amide bonds. The van der Waals surface area contributed by atoms with Gasteiger partial charge >= 0.3 is 0 Å². The van der Waals surface area contributed by atoms with Crippen LogP contribution in [0.5, 0.6) is 5.88 Å². The van der Waals surface area contributed by atoms with Gasteiger partial charge in [-0.2, -0.15) is 0 Å². The van der Waals surface area contributed by atoms with Gasteiger partial charge in [0, 0.05) is 18.1 Å². The molecule has 2 aromatic heterocycles. The zero-order valence-electron chi connectivity index (χ0n) is 11.5. The van der Waals surface area contributed by atoms with Crippen molar-refractivity contribution in [2.24, 2.45) is 0 Å². The molecule has 104 valence electrons. The van der Waals surface area contributed by atoms with Gasteiger partial charge in [-0.05, 0) is 12.8 Å². The van der Waals surface area contributed by atoms with Crippen LogP contribution in [0.3, 0.4) is 0 Å². The molecule has 2 heterocycles. The lowest BCUT2D eigenvalue weighted by molar-refractivity contribution is 0.294. The zero-order chi connectivity index (χ0) is 13.5. The Morgan fingerprint density at radius 1 is 1.21 bits per heavy atom. The normalized spacial score (nSPS) is 11.1. The van der Waals surface area contributed by atoms with Gasteiger partial charge in [0.25, 0.3) is 5.88 Å². The van der Waals surface area contributed by atoms with Crippen molar-refractivity contribution in [2.45, 2.75) is 44.7 Å². The third-order valence-electron chi connectivity index (χ3n) is 2.73. The molecule has 0 aliphatic heterocycles. The van der Waals surface area contributed by atoms with Crippen molar-refractivity contribution in [3.8, 4) is 5.88 Å². The summed E-state index contributed by atoms with van der Waals surface area (Å²) in [5.74, 6) is 1.58. The third-order valence-corrected chi connectivity index (χ3v) is 3.76. The van der Waals surface area contributed by atoms with Crippen LogP contribution in [0.15, 0.2) is 17.6 Å². The molecule has 19 heavy (non-hydrogen) atoms. The summed E-state index contributed by atoms with van der Waals surface area (Å²) in [5.41, 5.74) is 0.755. The molecular weight excluding hydrogens is 260 g/mol. The molecule has 0 spiro atoms. The predicted octanol–water partition coefficient (Wildman–Crippen LogP) is 3.20. The van der Waals surface area contributed by atoms with Crippen molar-refractivity contribution in [3.63, 3.8) is 0 Å². The summed E-state index contributed by atoms with van der Waals surface area (Å²) in [5, 5.41) is 9.27. The molecule has 0 radical (unpaired) electrons. The molecule has 0 saturated carbocycles. The number of rotatable bonds is 8. The smallest absolute Gasteiger partial charge is 0.277 e. The summed E-state index contributed by atoms with van der Waals surface area (Å²) >= 11 is 1.71. The van der Waals surface area contributed by atoms with E-state index < -0.39 is 0 Å². The Bertz CT molecular complexity index is 470. The molecule has 0 atom stereocenters. The van der Waals surface area contributed by atoms with Crippen LogP contribution in [0.2, 0.25) is 0 Å². The Balaban J connectivity index is 2.13. The Kier molecular flexibility index (Phi) is 5.44. The lowest BCUT2D eigenvalue weighted by Crippen LogP contribution is -2.05. The van der Waals surface area contributed by atoms with Crippen molar-refractivity contribution in [3.05, 3.63) is 12.4 Å². The molecular formula is C13H20N4OS. The highest BCUT2D eigenvalue weighted by Crippen LogP contribution is 2.22. The minimum absolute atomic E-state index is 0.526. The van der Waals surface area contributed by atoms with Crippen LogP contribution in [-0.4, -0.2) is 31.9 Å². The van der Waals surface area contributed by atoms with Gasteiger partial charge in [-0.1, -0.05) is 38.5 Å². The largest absolute Gasteiger partial charge is 0.474 e. The Morgan fingerprint density at radius 3 is 2.84 bits per heavy atom. The number of ether oxygens (including phenoxy) is 1. The molecule has 0 fully saturated rings. The van der Waals surface area contributed by atoms with Crippen LogP contribution in [0, 0.1) is 0 Å². The van der Waals surface area contributed by atoms with Crippen molar-refractivity contribution in [2.75, 3.05) is 12.4 Å². The first-order chi connectivity index (χ1) is 9.36. The first-order valence-corrected chi connectivity index (χ1v) is 7.80. The number of hydrogen-bond acceptors (Lipinski definition) is 5. The Labute approximate surface area is 117 Å². The number of nitrogens with zero attached hydrogens (tertiary/aromatic N) is 4. The van der Waals surface area contributed by atoms with Gasteiger partial charge < -0.3 is 4.74 Å². The van der Waals surface area contributed by atoms with Gasteiger partial charge in [-0.15, -0.1) is 10.2 Å². The summed E-state index contributed by atoms with van der Waals surface area (Å²) in [6, 6.07) is 0. The SMILES string of the molecule is CCCCOc1nnc(SCCCC)n2ccnc12. The lowest BCUT2D eigenvalue weighted by atomic mass is 10.4. The third kappa shape index (κ3) is 3.59. The molecule has 2 rings (SSSR count). The van der Waals surface area contributed by atoms with E-state index in [1.165, 1.54) is 12.8 Å². The average molecular weight is 280 g/mol. The van der Waals surface area contributed by atoms with Crippen LogP contribution in [0.1, 0.15) is 39.5 Å². The molecule has 0 bridgehead atoms. The quantitative estimate of drug-likeness (QED) is 0.549. The van der Waals surface area contributed by atoms with Gasteiger partial charge in [0.15, 0.2) is 5.16 Å². The van der Waals surface area contributed by atoms with E-state index in [0.29, 0.717) is 12.5 Å². The summed E-state index contributed by atoms with van der Waals surface area (Å²) in [6.45, 7) is 4.98. The monoisotopic (exact) mass is 280 g/mol. The topological polar surface area (TPSA) is 52.3 Å². The van der Waals surface area contributed by atoms with Crippen LogP contribution in [0.25, 0.3) is 5.65 Å². The van der Waals surface area contributed by atoms with Gasteiger partial charge in [-0.25, -0.2) is 4.98 Å². The number of thioether (sulfide) groups is 1. The van der Waals surface area contributed by atoms with E-state index in [2.05, 4.69) is 29.0 Å². The molecule has 2 aromatic rings. The van der Waals surface area contributed by atoms with E-state index in [1.807, 2.05) is 10.6 Å². The maximum absolute atomic E-state index is 5.63. The van der Waals surface area contributed by atoms with Gasteiger partial charge in [0.1, 0.15) is 0 Å². The fourth-order valence-corrected chi connectivity index (χ4v) is 2.61. The lowest BCUT2D eigenvalue weighted by Gasteiger charge is -2.07. The minimum Gasteiger partial charge on any atom is -0.474 e. The maximum Gasteiger partial charge on any atom is 0.277 e. The van der Waals surface area contributed by atoms with E-state index in [4.69, 9.17) is 4.74 Å². The van der Waals surface area contributed by atoms with Crippen molar-refractivity contribution in [1.29, 1.82) is 0 Å². The highest BCUT2D eigenvalue weighted by Gasteiger charge is 2.11. The molecule has 6 heteroatoms. The average Bonchev–Trinajstić information content (AvgIpc) is 2.91. The minimum atomic E-state index is 0.526. The molecule has 0 N–H and O–H groups in total. The van der Waals surface area contributed by atoms with Gasteiger partial charge in [0.2, 0.25) is 5.65 Å². The highest BCUT2D eigenvalue weighted by atomic mass is 32.2.